The van der Waals surface area contributed by atoms with Crippen molar-refractivity contribution in [3.63, 3.8) is 0 Å². The van der Waals surface area contributed by atoms with Crippen molar-refractivity contribution in [3.05, 3.63) is 83.2 Å². The van der Waals surface area contributed by atoms with Crippen molar-refractivity contribution >= 4 is 22.6 Å². The quantitative estimate of drug-likeness (QED) is 0.595. The monoisotopic (exact) mass is 418 g/mol. The van der Waals surface area contributed by atoms with E-state index in [1.165, 1.54) is 0 Å². The van der Waals surface area contributed by atoms with Gasteiger partial charge in [-0.05, 0) is 34.0 Å². The van der Waals surface area contributed by atoms with Crippen LogP contribution in [-0.4, -0.2) is 18.4 Å². The van der Waals surface area contributed by atoms with Crippen molar-refractivity contribution in [3.8, 4) is 0 Å². The Balaban J connectivity index is 1.54. The molecule has 4 nitrogen and oxygen atoms in total. The Labute approximate surface area is 169 Å². The highest BCUT2D eigenvalue weighted by Crippen LogP contribution is 2.32. The second-order valence-corrected chi connectivity index (χ2v) is 6.67. The summed E-state index contributed by atoms with van der Waals surface area (Å²) >= 11 is 0. The first-order valence-corrected chi connectivity index (χ1v) is 9.09. The molecular weight excluding hydrogens is 400 g/mol. The first kappa shape index (κ1) is 21.3. The minimum absolute atomic E-state index is 0.0603. The highest BCUT2D eigenvalue weighted by Gasteiger charge is 2.33. The van der Waals surface area contributed by atoms with Gasteiger partial charge in [-0.15, -0.1) is 0 Å². The Morgan fingerprint density at radius 3 is 2.33 bits per heavy atom. The molecule has 0 atom stereocenters. The van der Waals surface area contributed by atoms with Crippen LogP contribution in [0.3, 0.4) is 0 Å². The minimum atomic E-state index is -4.74. The van der Waals surface area contributed by atoms with Crippen LogP contribution >= 0.6 is 0 Å². The molecule has 0 saturated heterocycles. The number of hydrogen-bond acceptors (Lipinski definition) is 2. The molecule has 3 aromatic rings. The van der Waals surface area contributed by atoms with Gasteiger partial charge in [0.05, 0.1) is 18.5 Å². The molecule has 0 radical (unpaired) electrons. The van der Waals surface area contributed by atoms with Crippen molar-refractivity contribution in [1.82, 2.24) is 10.6 Å². The molecule has 0 aliphatic carbocycles. The zero-order valence-corrected chi connectivity index (χ0v) is 15.7. The summed E-state index contributed by atoms with van der Waals surface area (Å²) in [5.74, 6) is -2.06. The average molecular weight is 418 g/mol. The number of hydrogen-bond donors (Lipinski definition) is 2. The normalized spacial score (nSPS) is 11.3. The van der Waals surface area contributed by atoms with Crippen LogP contribution in [0, 0.1) is 5.82 Å². The molecule has 3 aromatic carbocycles. The number of nitrogens with one attached hydrogen (secondary N) is 2. The molecule has 156 valence electrons. The van der Waals surface area contributed by atoms with Crippen LogP contribution in [0.4, 0.5) is 17.6 Å². The zero-order chi connectivity index (χ0) is 21.7. The first-order valence-electron chi connectivity index (χ1n) is 9.09. The maximum absolute atomic E-state index is 13.1. The van der Waals surface area contributed by atoms with Crippen LogP contribution in [0.2, 0.25) is 0 Å². The maximum Gasteiger partial charge on any atom is 0.416 e. The van der Waals surface area contributed by atoms with Gasteiger partial charge >= 0.3 is 6.18 Å². The molecule has 0 aliphatic rings. The molecule has 0 unspecified atom stereocenters. The molecule has 0 heterocycles. The minimum Gasteiger partial charge on any atom is -0.350 e. The van der Waals surface area contributed by atoms with Crippen LogP contribution in [-0.2, 0) is 28.7 Å². The van der Waals surface area contributed by atoms with E-state index in [0.29, 0.717) is 6.07 Å². The molecular formula is C22H18F4N2O2. The first-order chi connectivity index (χ1) is 14.2. The van der Waals surface area contributed by atoms with Gasteiger partial charge in [-0.2, -0.15) is 13.2 Å². The summed E-state index contributed by atoms with van der Waals surface area (Å²) in [4.78, 5) is 24.1. The molecule has 0 fully saturated rings. The van der Waals surface area contributed by atoms with Crippen LogP contribution in [0.5, 0.6) is 0 Å². The van der Waals surface area contributed by atoms with Gasteiger partial charge in [-0.3, -0.25) is 9.59 Å². The second kappa shape index (κ2) is 8.94. The molecule has 2 amide bonds. The topological polar surface area (TPSA) is 58.2 Å². The summed E-state index contributed by atoms with van der Waals surface area (Å²) in [6, 6.07) is 15.4. The third kappa shape index (κ3) is 5.34. The fourth-order valence-electron chi connectivity index (χ4n) is 3.08. The van der Waals surface area contributed by atoms with E-state index in [4.69, 9.17) is 0 Å². The van der Waals surface area contributed by atoms with Gasteiger partial charge in [0.1, 0.15) is 5.82 Å². The summed E-state index contributed by atoms with van der Waals surface area (Å²) in [5.41, 5.74) is -0.616. The van der Waals surface area contributed by atoms with Crippen molar-refractivity contribution in [2.45, 2.75) is 19.1 Å². The van der Waals surface area contributed by atoms with Crippen molar-refractivity contribution in [1.29, 1.82) is 0 Å². The molecule has 0 aromatic heterocycles. The van der Waals surface area contributed by atoms with Gasteiger partial charge in [0.2, 0.25) is 11.8 Å². The Bertz CT molecular complexity index is 1070. The molecule has 30 heavy (non-hydrogen) atoms. The third-order valence-corrected chi connectivity index (χ3v) is 4.53. The fourth-order valence-corrected chi connectivity index (χ4v) is 3.08. The lowest BCUT2D eigenvalue weighted by Gasteiger charge is -2.14. The van der Waals surface area contributed by atoms with E-state index >= 15 is 0 Å². The number of benzene rings is 3. The lowest BCUT2D eigenvalue weighted by molar-refractivity contribution is -0.138. The van der Waals surface area contributed by atoms with Gasteiger partial charge < -0.3 is 10.6 Å². The summed E-state index contributed by atoms with van der Waals surface area (Å²) in [5, 5.41) is 6.67. The summed E-state index contributed by atoms with van der Waals surface area (Å²) in [6.45, 7) is -0.820. The summed E-state index contributed by atoms with van der Waals surface area (Å²) in [6.07, 6.45) is -4.68. The van der Waals surface area contributed by atoms with Gasteiger partial charge in [0, 0.05) is 6.54 Å². The van der Waals surface area contributed by atoms with E-state index in [1.54, 1.807) is 0 Å². The van der Waals surface area contributed by atoms with E-state index in [0.717, 1.165) is 28.5 Å². The van der Waals surface area contributed by atoms with Crippen molar-refractivity contribution < 1.29 is 27.2 Å². The Morgan fingerprint density at radius 2 is 1.57 bits per heavy atom. The van der Waals surface area contributed by atoms with Gasteiger partial charge in [-0.1, -0.05) is 48.5 Å². The lowest BCUT2D eigenvalue weighted by atomic mass is 10.0. The molecule has 0 spiro atoms. The lowest BCUT2D eigenvalue weighted by Crippen LogP contribution is -2.37. The predicted molar refractivity (Wildman–Crippen MR) is 104 cm³/mol. The maximum atomic E-state index is 13.1. The number of alkyl halides is 3. The Morgan fingerprint density at radius 1 is 0.833 bits per heavy atom. The predicted octanol–water partition coefficient (Wildman–Crippen LogP) is 3.97. The number of carbonyl (C=O) groups excluding carboxylic acids is 2. The summed E-state index contributed by atoms with van der Waals surface area (Å²) < 4.78 is 52.1. The molecule has 0 bridgehead atoms. The van der Waals surface area contributed by atoms with Crippen LogP contribution in [0.25, 0.3) is 10.8 Å². The Kier molecular flexibility index (Phi) is 6.34. The fraction of sp³-hybridized carbons (Fsp3) is 0.182. The number of fused-ring (bicyclic) bond motifs is 1. The molecule has 0 aliphatic heterocycles. The van der Waals surface area contributed by atoms with Crippen molar-refractivity contribution in [2.75, 3.05) is 6.54 Å². The van der Waals surface area contributed by atoms with Crippen LogP contribution < -0.4 is 10.6 Å². The molecule has 2 N–H and O–H groups in total. The molecule has 8 heteroatoms. The van der Waals surface area contributed by atoms with Gasteiger partial charge in [-0.25, -0.2) is 4.39 Å². The number of halogens is 4. The van der Waals surface area contributed by atoms with E-state index in [9.17, 15) is 27.2 Å². The van der Waals surface area contributed by atoms with E-state index in [1.807, 2.05) is 42.5 Å². The molecule has 3 rings (SSSR count). The Hall–Kier alpha value is -3.42. The van der Waals surface area contributed by atoms with Crippen molar-refractivity contribution in [2.24, 2.45) is 0 Å². The largest absolute Gasteiger partial charge is 0.416 e. The van der Waals surface area contributed by atoms with E-state index in [2.05, 4.69) is 10.6 Å². The zero-order valence-electron chi connectivity index (χ0n) is 15.7. The third-order valence-electron chi connectivity index (χ3n) is 4.53. The number of carbonyl (C=O) groups is 2. The van der Waals surface area contributed by atoms with Crippen LogP contribution in [0.1, 0.15) is 16.7 Å². The second-order valence-electron chi connectivity index (χ2n) is 6.67. The highest BCUT2D eigenvalue weighted by atomic mass is 19.4. The van der Waals surface area contributed by atoms with E-state index < -0.39 is 30.0 Å². The SMILES string of the molecule is O=C(CNC(=O)Cc1cccc2ccccc12)NCc1ccc(F)cc1C(F)(F)F. The van der Waals surface area contributed by atoms with E-state index in [-0.39, 0.29) is 24.4 Å². The van der Waals surface area contributed by atoms with Gasteiger partial charge in [0.15, 0.2) is 0 Å². The average Bonchev–Trinajstić information content (AvgIpc) is 2.71. The van der Waals surface area contributed by atoms with Gasteiger partial charge in [0.25, 0.3) is 0 Å². The standard InChI is InChI=1S/C22H18F4N2O2/c23-17-9-8-16(19(11-17)22(24,25)26)12-27-21(30)13-28-20(29)10-15-6-3-5-14-4-1-2-7-18(14)15/h1-9,11H,10,12-13H2,(H,27,30)(H,28,29). The number of amides is 2. The smallest absolute Gasteiger partial charge is 0.350 e. The number of rotatable bonds is 6. The highest BCUT2D eigenvalue weighted by molar-refractivity contribution is 5.91. The summed E-state index contributed by atoms with van der Waals surface area (Å²) in [7, 11) is 0. The molecule has 0 saturated carbocycles. The van der Waals surface area contributed by atoms with Crippen LogP contribution in [0.15, 0.2) is 60.7 Å².